The summed E-state index contributed by atoms with van der Waals surface area (Å²) in [5.41, 5.74) is 4.08. The van der Waals surface area contributed by atoms with Crippen LogP contribution in [0.5, 0.6) is 5.75 Å². The van der Waals surface area contributed by atoms with Crippen LogP contribution in [-0.2, 0) is 17.6 Å². The normalized spacial score (nSPS) is 13.7. The van der Waals surface area contributed by atoms with Crippen LogP contribution in [0.2, 0.25) is 0 Å². The molecule has 1 atom stereocenters. The molecule has 1 unspecified atom stereocenters. The molecular formula is C19H18N2O2. The quantitative estimate of drug-likeness (QED) is 0.941. The van der Waals surface area contributed by atoms with E-state index < -0.39 is 6.10 Å². The highest BCUT2D eigenvalue weighted by Crippen LogP contribution is 2.25. The Morgan fingerprint density at radius 2 is 1.91 bits per heavy atom. The Balaban J connectivity index is 1.62. The minimum Gasteiger partial charge on any atom is -0.481 e. The van der Waals surface area contributed by atoms with Gasteiger partial charge in [-0.1, -0.05) is 6.07 Å². The lowest BCUT2D eigenvalue weighted by Crippen LogP contribution is -2.30. The molecule has 2 aromatic carbocycles. The predicted octanol–water partition coefficient (Wildman–Crippen LogP) is 3.45. The monoisotopic (exact) mass is 306 g/mol. The number of carbonyl (C=O) groups excluding carboxylic acids is 1. The summed E-state index contributed by atoms with van der Waals surface area (Å²) in [6, 6.07) is 14.8. The van der Waals surface area contributed by atoms with E-state index >= 15 is 0 Å². The van der Waals surface area contributed by atoms with Gasteiger partial charge in [0.15, 0.2) is 6.10 Å². The van der Waals surface area contributed by atoms with E-state index in [4.69, 9.17) is 10.00 Å². The summed E-state index contributed by atoms with van der Waals surface area (Å²) in [7, 11) is 0. The number of fused-ring (bicyclic) bond motifs is 1. The number of carbonyl (C=O) groups is 1. The number of hydrogen-bond donors (Lipinski definition) is 1. The highest BCUT2D eigenvalue weighted by atomic mass is 16.5. The van der Waals surface area contributed by atoms with Crippen LogP contribution in [0.3, 0.4) is 0 Å². The van der Waals surface area contributed by atoms with E-state index in [-0.39, 0.29) is 5.91 Å². The summed E-state index contributed by atoms with van der Waals surface area (Å²) in [5.74, 6) is 0.382. The van der Waals surface area contributed by atoms with Crippen molar-refractivity contribution in [2.24, 2.45) is 0 Å². The molecule has 0 aliphatic heterocycles. The summed E-state index contributed by atoms with van der Waals surface area (Å²) < 4.78 is 5.62. The maximum atomic E-state index is 12.3. The van der Waals surface area contributed by atoms with Crippen molar-refractivity contribution in [3.8, 4) is 11.8 Å². The molecule has 0 heterocycles. The average Bonchev–Trinajstić information content (AvgIpc) is 3.03. The van der Waals surface area contributed by atoms with Crippen LogP contribution in [0.25, 0.3) is 0 Å². The van der Waals surface area contributed by atoms with E-state index in [0.717, 1.165) is 18.5 Å². The number of ether oxygens (including phenoxy) is 1. The van der Waals surface area contributed by atoms with Gasteiger partial charge in [0.05, 0.1) is 11.6 Å². The molecule has 0 radical (unpaired) electrons. The molecule has 1 aliphatic carbocycles. The zero-order valence-corrected chi connectivity index (χ0v) is 13.0. The maximum absolute atomic E-state index is 12.3. The van der Waals surface area contributed by atoms with Crippen molar-refractivity contribution in [1.82, 2.24) is 0 Å². The molecule has 3 rings (SSSR count). The van der Waals surface area contributed by atoms with Crippen molar-refractivity contribution < 1.29 is 9.53 Å². The fourth-order valence-electron chi connectivity index (χ4n) is 2.76. The van der Waals surface area contributed by atoms with Gasteiger partial charge in [-0.25, -0.2) is 0 Å². The first-order chi connectivity index (χ1) is 11.2. The standard InChI is InChI=1S/C19H18N2O2/c1-13(23-18-9-5-14(12-20)6-10-18)19(22)21-17-8-7-15-3-2-4-16(15)11-17/h5-11,13H,2-4H2,1H3,(H,21,22). The second-order valence-electron chi connectivity index (χ2n) is 5.72. The number of benzene rings is 2. The van der Waals surface area contributed by atoms with Crippen molar-refractivity contribution in [2.45, 2.75) is 32.3 Å². The van der Waals surface area contributed by atoms with Gasteiger partial charge in [-0.15, -0.1) is 0 Å². The molecule has 0 aromatic heterocycles. The second-order valence-corrected chi connectivity index (χ2v) is 5.72. The summed E-state index contributed by atoms with van der Waals surface area (Å²) >= 11 is 0. The Bertz CT molecular complexity index is 760. The molecule has 116 valence electrons. The Labute approximate surface area is 135 Å². The lowest BCUT2D eigenvalue weighted by atomic mass is 10.1. The van der Waals surface area contributed by atoms with E-state index in [1.165, 1.54) is 17.5 Å². The minimum atomic E-state index is -0.615. The molecule has 1 N–H and O–H groups in total. The number of aryl methyl sites for hydroxylation is 2. The largest absolute Gasteiger partial charge is 0.481 e. The number of nitrogens with one attached hydrogen (secondary N) is 1. The Kier molecular flexibility index (Phi) is 4.29. The van der Waals surface area contributed by atoms with Crippen molar-refractivity contribution in [3.05, 3.63) is 59.2 Å². The van der Waals surface area contributed by atoms with Gasteiger partial charge in [-0.05, 0) is 73.7 Å². The van der Waals surface area contributed by atoms with Crippen LogP contribution in [-0.4, -0.2) is 12.0 Å². The molecule has 4 heteroatoms. The van der Waals surface area contributed by atoms with Crippen LogP contribution in [0.15, 0.2) is 42.5 Å². The summed E-state index contributed by atoms with van der Waals surface area (Å²) in [6.07, 6.45) is 2.78. The molecule has 0 bridgehead atoms. The molecular weight excluding hydrogens is 288 g/mol. The summed E-state index contributed by atoms with van der Waals surface area (Å²) in [4.78, 5) is 12.3. The van der Waals surface area contributed by atoms with Gasteiger partial charge in [0, 0.05) is 5.69 Å². The van der Waals surface area contributed by atoms with Crippen LogP contribution in [0, 0.1) is 11.3 Å². The van der Waals surface area contributed by atoms with Crippen LogP contribution in [0.1, 0.15) is 30.0 Å². The molecule has 0 saturated carbocycles. The zero-order valence-electron chi connectivity index (χ0n) is 13.0. The van der Waals surface area contributed by atoms with Gasteiger partial charge in [-0.2, -0.15) is 5.26 Å². The fourth-order valence-corrected chi connectivity index (χ4v) is 2.76. The first-order valence-electron chi connectivity index (χ1n) is 7.75. The minimum absolute atomic E-state index is 0.188. The third-order valence-electron chi connectivity index (χ3n) is 4.03. The van der Waals surface area contributed by atoms with Gasteiger partial charge in [0.25, 0.3) is 5.91 Å². The summed E-state index contributed by atoms with van der Waals surface area (Å²) in [5, 5.41) is 11.7. The van der Waals surface area contributed by atoms with Crippen molar-refractivity contribution >= 4 is 11.6 Å². The van der Waals surface area contributed by atoms with E-state index in [1.807, 2.05) is 12.1 Å². The van der Waals surface area contributed by atoms with E-state index in [2.05, 4.69) is 17.4 Å². The molecule has 4 nitrogen and oxygen atoms in total. The lowest BCUT2D eigenvalue weighted by Gasteiger charge is -2.15. The Morgan fingerprint density at radius 1 is 1.17 bits per heavy atom. The zero-order chi connectivity index (χ0) is 16.2. The second kappa shape index (κ2) is 6.53. The highest BCUT2D eigenvalue weighted by molar-refractivity contribution is 5.94. The van der Waals surface area contributed by atoms with Crippen LogP contribution >= 0.6 is 0 Å². The van der Waals surface area contributed by atoms with Gasteiger partial charge < -0.3 is 10.1 Å². The SMILES string of the molecule is CC(Oc1ccc(C#N)cc1)C(=O)Nc1ccc2c(c1)CCC2. The number of rotatable bonds is 4. The van der Waals surface area contributed by atoms with Crippen LogP contribution < -0.4 is 10.1 Å². The van der Waals surface area contributed by atoms with Gasteiger partial charge >= 0.3 is 0 Å². The third-order valence-corrected chi connectivity index (χ3v) is 4.03. The molecule has 0 spiro atoms. The molecule has 1 amide bonds. The van der Waals surface area contributed by atoms with E-state index in [0.29, 0.717) is 11.3 Å². The molecule has 1 aliphatic rings. The van der Waals surface area contributed by atoms with Crippen molar-refractivity contribution in [3.63, 3.8) is 0 Å². The van der Waals surface area contributed by atoms with Gasteiger partial charge in [0.2, 0.25) is 0 Å². The maximum Gasteiger partial charge on any atom is 0.265 e. The molecule has 0 saturated heterocycles. The topological polar surface area (TPSA) is 62.1 Å². The average molecular weight is 306 g/mol. The predicted molar refractivity (Wildman–Crippen MR) is 88.3 cm³/mol. The first kappa shape index (κ1) is 15.1. The fraction of sp³-hybridized carbons (Fsp3) is 0.263. The Hall–Kier alpha value is -2.80. The van der Waals surface area contributed by atoms with Gasteiger partial charge in [-0.3, -0.25) is 4.79 Å². The number of nitrogens with zero attached hydrogens (tertiary/aromatic N) is 1. The van der Waals surface area contributed by atoms with Gasteiger partial charge in [0.1, 0.15) is 5.75 Å². The lowest BCUT2D eigenvalue weighted by molar-refractivity contribution is -0.122. The highest BCUT2D eigenvalue weighted by Gasteiger charge is 2.16. The van der Waals surface area contributed by atoms with Crippen LogP contribution in [0.4, 0.5) is 5.69 Å². The molecule has 0 fully saturated rings. The van der Waals surface area contributed by atoms with Crippen molar-refractivity contribution in [1.29, 1.82) is 5.26 Å². The smallest absolute Gasteiger partial charge is 0.265 e. The number of anilines is 1. The molecule has 23 heavy (non-hydrogen) atoms. The number of nitriles is 1. The summed E-state index contributed by atoms with van der Waals surface area (Å²) in [6.45, 7) is 1.71. The van der Waals surface area contributed by atoms with Crippen molar-refractivity contribution in [2.75, 3.05) is 5.32 Å². The molecule has 2 aromatic rings. The number of amides is 1. The third kappa shape index (κ3) is 3.51. The number of hydrogen-bond acceptors (Lipinski definition) is 3. The van der Waals surface area contributed by atoms with E-state index in [1.54, 1.807) is 31.2 Å². The first-order valence-corrected chi connectivity index (χ1v) is 7.75. The Morgan fingerprint density at radius 3 is 2.65 bits per heavy atom. The van der Waals surface area contributed by atoms with E-state index in [9.17, 15) is 4.79 Å².